The second-order valence-electron chi connectivity index (χ2n) is 3.07. The highest BCUT2D eigenvalue weighted by Crippen LogP contribution is 2.20. The van der Waals surface area contributed by atoms with Gasteiger partial charge in [-0.25, -0.2) is 0 Å². The highest BCUT2D eigenvalue weighted by molar-refractivity contribution is 5.84. The molecule has 0 unspecified atom stereocenters. The van der Waals surface area contributed by atoms with E-state index in [1.54, 1.807) is 6.92 Å². The number of carbonyl (C=O) groups is 1. The summed E-state index contributed by atoms with van der Waals surface area (Å²) in [6, 6.07) is -0.648. The van der Waals surface area contributed by atoms with Gasteiger partial charge in [-0.05, 0) is 12.5 Å². The Bertz CT molecular complexity index is 277. The predicted molar refractivity (Wildman–Crippen MR) is 49.9 cm³/mol. The Balaban J connectivity index is 2.71. The fourth-order valence-corrected chi connectivity index (χ4v) is 1.38. The van der Waals surface area contributed by atoms with Gasteiger partial charge in [-0.15, -0.1) is 0 Å². The number of aliphatic hydroxyl groups excluding tert-OH is 1. The standard InChI is InChI=1S/C8H13N3O4/c1-2-14-8-5(10-11-9)3-6(13)7(4-12)15-8/h5,7-8,12H,2-4H2,1H3/t5-,7-,8+/m1/s1. The molecule has 0 aromatic heterocycles. The highest BCUT2D eigenvalue weighted by Gasteiger charge is 2.36. The van der Waals surface area contributed by atoms with Crippen molar-refractivity contribution in [3.63, 3.8) is 0 Å². The summed E-state index contributed by atoms with van der Waals surface area (Å²) < 4.78 is 10.3. The van der Waals surface area contributed by atoms with E-state index >= 15 is 0 Å². The van der Waals surface area contributed by atoms with Crippen LogP contribution in [0.3, 0.4) is 0 Å². The molecule has 0 amide bonds. The first-order valence-corrected chi connectivity index (χ1v) is 4.67. The van der Waals surface area contributed by atoms with Crippen LogP contribution < -0.4 is 0 Å². The van der Waals surface area contributed by atoms with E-state index < -0.39 is 18.4 Å². The molecule has 0 aromatic rings. The second-order valence-corrected chi connectivity index (χ2v) is 3.07. The maximum atomic E-state index is 11.3. The molecule has 1 heterocycles. The molecule has 0 radical (unpaired) electrons. The van der Waals surface area contributed by atoms with Crippen LogP contribution in [0, 0.1) is 0 Å². The van der Waals surface area contributed by atoms with Crippen molar-refractivity contribution in [3.05, 3.63) is 10.4 Å². The predicted octanol–water partition coefficient (Wildman–Crippen LogP) is 0.378. The van der Waals surface area contributed by atoms with Gasteiger partial charge in [0, 0.05) is 17.9 Å². The van der Waals surface area contributed by atoms with Gasteiger partial charge in [0.2, 0.25) is 0 Å². The van der Waals surface area contributed by atoms with E-state index in [2.05, 4.69) is 10.0 Å². The average Bonchev–Trinajstić information content (AvgIpc) is 2.22. The number of hydrogen-bond donors (Lipinski definition) is 1. The molecule has 1 aliphatic rings. The monoisotopic (exact) mass is 215 g/mol. The summed E-state index contributed by atoms with van der Waals surface area (Å²) in [5, 5.41) is 12.3. The van der Waals surface area contributed by atoms with Crippen LogP contribution in [0.2, 0.25) is 0 Å². The SMILES string of the molecule is CCO[C@H]1O[C@H](CO)C(=O)C[C@H]1N=[N+]=[N-]. The third-order valence-electron chi connectivity index (χ3n) is 2.08. The Morgan fingerprint density at radius 1 is 1.80 bits per heavy atom. The van der Waals surface area contributed by atoms with Gasteiger partial charge in [-0.2, -0.15) is 0 Å². The highest BCUT2D eigenvalue weighted by atomic mass is 16.7. The van der Waals surface area contributed by atoms with Gasteiger partial charge in [-0.1, -0.05) is 5.11 Å². The van der Waals surface area contributed by atoms with Crippen molar-refractivity contribution in [1.29, 1.82) is 0 Å². The summed E-state index contributed by atoms with van der Waals surface area (Å²) >= 11 is 0. The van der Waals surface area contributed by atoms with Crippen molar-refractivity contribution in [2.24, 2.45) is 5.11 Å². The smallest absolute Gasteiger partial charge is 0.167 e. The molecule has 7 heteroatoms. The Morgan fingerprint density at radius 3 is 3.07 bits per heavy atom. The molecule has 0 aromatic carbocycles. The second kappa shape index (κ2) is 5.67. The first kappa shape index (κ1) is 11.9. The summed E-state index contributed by atoms with van der Waals surface area (Å²) in [4.78, 5) is 14.0. The van der Waals surface area contributed by atoms with Crippen molar-refractivity contribution < 1.29 is 19.4 Å². The van der Waals surface area contributed by atoms with Crippen LogP contribution in [0.1, 0.15) is 13.3 Å². The molecule has 1 rings (SSSR count). The lowest BCUT2D eigenvalue weighted by molar-refractivity contribution is -0.205. The first-order valence-electron chi connectivity index (χ1n) is 4.67. The molecule has 7 nitrogen and oxygen atoms in total. The van der Waals surface area contributed by atoms with E-state index in [9.17, 15) is 4.79 Å². The number of rotatable bonds is 4. The quantitative estimate of drug-likeness (QED) is 0.415. The normalized spacial score (nSPS) is 31.1. The van der Waals surface area contributed by atoms with E-state index in [1.165, 1.54) is 0 Å². The van der Waals surface area contributed by atoms with Crippen molar-refractivity contribution in [3.8, 4) is 0 Å². The molecule has 84 valence electrons. The number of carbonyl (C=O) groups excluding carboxylic acids is 1. The van der Waals surface area contributed by atoms with Gasteiger partial charge < -0.3 is 14.6 Å². The largest absolute Gasteiger partial charge is 0.393 e. The molecule has 0 aliphatic carbocycles. The fraction of sp³-hybridized carbons (Fsp3) is 0.875. The number of ketones is 1. The number of nitrogens with zero attached hydrogens (tertiary/aromatic N) is 3. The minimum atomic E-state index is -0.869. The Hall–Kier alpha value is -1.14. The van der Waals surface area contributed by atoms with E-state index in [0.717, 1.165) is 0 Å². The zero-order valence-electron chi connectivity index (χ0n) is 8.37. The van der Waals surface area contributed by atoms with Crippen LogP contribution in [0.25, 0.3) is 10.4 Å². The Morgan fingerprint density at radius 2 is 2.53 bits per heavy atom. The van der Waals surface area contributed by atoms with Crippen LogP contribution in [-0.4, -0.2) is 42.5 Å². The Kier molecular flexibility index (Phi) is 4.51. The van der Waals surface area contributed by atoms with Gasteiger partial charge in [0.1, 0.15) is 6.10 Å². The number of aliphatic hydroxyl groups is 1. The van der Waals surface area contributed by atoms with Crippen molar-refractivity contribution in [1.82, 2.24) is 0 Å². The van der Waals surface area contributed by atoms with E-state index in [0.29, 0.717) is 6.61 Å². The minimum absolute atomic E-state index is 0.0416. The van der Waals surface area contributed by atoms with E-state index in [4.69, 9.17) is 20.1 Å². The summed E-state index contributed by atoms with van der Waals surface area (Å²) in [6.07, 6.45) is -1.58. The lowest BCUT2D eigenvalue weighted by Crippen LogP contribution is -2.46. The molecule has 3 atom stereocenters. The molecule has 15 heavy (non-hydrogen) atoms. The molecule has 1 saturated heterocycles. The number of azide groups is 1. The minimum Gasteiger partial charge on any atom is -0.393 e. The molecule has 0 saturated carbocycles. The topological polar surface area (TPSA) is 105 Å². The molecule has 0 spiro atoms. The van der Waals surface area contributed by atoms with Gasteiger partial charge in [0.05, 0.1) is 12.6 Å². The maximum Gasteiger partial charge on any atom is 0.167 e. The maximum absolute atomic E-state index is 11.3. The van der Waals surface area contributed by atoms with Crippen LogP contribution in [-0.2, 0) is 14.3 Å². The first-order chi connectivity index (χ1) is 7.22. The van der Waals surface area contributed by atoms with E-state index in [-0.39, 0.29) is 18.8 Å². The number of hydrogen-bond acceptors (Lipinski definition) is 5. The molecule has 1 N–H and O–H groups in total. The zero-order chi connectivity index (χ0) is 11.3. The lowest BCUT2D eigenvalue weighted by Gasteiger charge is -2.31. The molecule has 1 fully saturated rings. The lowest BCUT2D eigenvalue weighted by atomic mass is 10.0. The number of Topliss-reactive ketones (excluding diaryl/α,β-unsaturated/α-hetero) is 1. The van der Waals surface area contributed by atoms with Gasteiger partial charge in [-0.3, -0.25) is 4.79 Å². The molecule has 1 aliphatic heterocycles. The van der Waals surface area contributed by atoms with E-state index in [1.807, 2.05) is 0 Å². The fourth-order valence-electron chi connectivity index (χ4n) is 1.38. The summed E-state index contributed by atoms with van der Waals surface area (Å²) in [6.45, 7) is 1.76. The zero-order valence-corrected chi connectivity index (χ0v) is 8.37. The van der Waals surface area contributed by atoms with Gasteiger partial charge >= 0.3 is 0 Å². The molecular weight excluding hydrogens is 202 g/mol. The van der Waals surface area contributed by atoms with Crippen molar-refractivity contribution in [2.75, 3.05) is 13.2 Å². The Labute approximate surface area is 86.6 Å². The number of ether oxygens (including phenoxy) is 2. The van der Waals surface area contributed by atoms with Crippen LogP contribution in [0.4, 0.5) is 0 Å². The van der Waals surface area contributed by atoms with Gasteiger partial charge in [0.25, 0.3) is 0 Å². The third-order valence-corrected chi connectivity index (χ3v) is 2.08. The van der Waals surface area contributed by atoms with Crippen molar-refractivity contribution in [2.45, 2.75) is 31.8 Å². The van der Waals surface area contributed by atoms with Crippen LogP contribution >= 0.6 is 0 Å². The molecular formula is C8H13N3O4. The summed E-state index contributed by atoms with van der Waals surface area (Å²) in [7, 11) is 0. The summed E-state index contributed by atoms with van der Waals surface area (Å²) in [5.41, 5.74) is 8.30. The third kappa shape index (κ3) is 2.90. The van der Waals surface area contributed by atoms with Gasteiger partial charge in [0.15, 0.2) is 12.1 Å². The van der Waals surface area contributed by atoms with Crippen LogP contribution in [0.5, 0.6) is 0 Å². The van der Waals surface area contributed by atoms with Crippen LogP contribution in [0.15, 0.2) is 5.11 Å². The average molecular weight is 215 g/mol. The van der Waals surface area contributed by atoms with Crippen molar-refractivity contribution >= 4 is 5.78 Å². The summed E-state index contributed by atoms with van der Waals surface area (Å²) in [5.74, 6) is -0.272. The molecule has 0 bridgehead atoms.